The van der Waals surface area contributed by atoms with Crippen molar-refractivity contribution >= 4 is 81.3 Å². The summed E-state index contributed by atoms with van der Waals surface area (Å²) in [5.41, 5.74) is 12.3. The van der Waals surface area contributed by atoms with Gasteiger partial charge in [0.1, 0.15) is 11.2 Å². The maximum atomic E-state index is 6.22. The van der Waals surface area contributed by atoms with Crippen LogP contribution in [-0.2, 0) is 0 Å². The molecule has 0 aliphatic rings. The van der Waals surface area contributed by atoms with Crippen molar-refractivity contribution in [2.45, 2.75) is 0 Å². The molecule has 0 saturated heterocycles. The van der Waals surface area contributed by atoms with E-state index in [4.69, 9.17) is 4.42 Å². The Morgan fingerprint density at radius 1 is 0.345 bits per heavy atom. The highest BCUT2D eigenvalue weighted by molar-refractivity contribution is 7.25. The van der Waals surface area contributed by atoms with E-state index in [9.17, 15) is 0 Å². The Morgan fingerprint density at radius 3 is 1.65 bits per heavy atom. The zero-order valence-electron chi connectivity index (χ0n) is 29.8. The van der Waals surface area contributed by atoms with Crippen molar-refractivity contribution in [3.8, 4) is 33.4 Å². The van der Waals surface area contributed by atoms with Crippen LogP contribution in [0.1, 0.15) is 0 Å². The lowest BCUT2D eigenvalue weighted by Crippen LogP contribution is -2.09. The molecule has 2 heterocycles. The van der Waals surface area contributed by atoms with Gasteiger partial charge < -0.3 is 9.32 Å². The number of thiophene rings is 1. The molecule has 0 atom stereocenters. The first-order valence-electron chi connectivity index (χ1n) is 18.7. The molecule has 55 heavy (non-hydrogen) atoms. The highest BCUT2D eigenvalue weighted by Gasteiger charge is 2.17. The van der Waals surface area contributed by atoms with E-state index in [0.717, 1.165) is 44.6 Å². The van der Waals surface area contributed by atoms with Crippen LogP contribution in [0.2, 0.25) is 0 Å². The Bertz CT molecular complexity index is 3170. The minimum Gasteiger partial charge on any atom is -0.456 e. The summed E-state index contributed by atoms with van der Waals surface area (Å²) in [4.78, 5) is 2.35. The first-order chi connectivity index (χ1) is 27.2. The average molecular weight is 720 g/mol. The number of anilines is 3. The molecule has 3 heteroatoms. The summed E-state index contributed by atoms with van der Waals surface area (Å²) < 4.78 is 8.88. The van der Waals surface area contributed by atoms with Crippen molar-refractivity contribution in [1.82, 2.24) is 0 Å². The maximum absolute atomic E-state index is 6.22. The fourth-order valence-electron chi connectivity index (χ4n) is 8.22. The van der Waals surface area contributed by atoms with Crippen LogP contribution in [0.5, 0.6) is 0 Å². The van der Waals surface area contributed by atoms with Crippen LogP contribution in [0.15, 0.2) is 205 Å². The van der Waals surface area contributed by atoms with Gasteiger partial charge >= 0.3 is 0 Å². The van der Waals surface area contributed by atoms with E-state index in [0.29, 0.717) is 0 Å². The molecule has 0 saturated carbocycles. The summed E-state index contributed by atoms with van der Waals surface area (Å²) in [6.07, 6.45) is 0. The van der Waals surface area contributed by atoms with Gasteiger partial charge in [-0.2, -0.15) is 0 Å². The third-order valence-corrected chi connectivity index (χ3v) is 12.0. The topological polar surface area (TPSA) is 16.4 Å². The second kappa shape index (κ2) is 12.9. The first-order valence-corrected chi connectivity index (χ1v) is 19.5. The molecule has 0 fully saturated rings. The second-order valence-electron chi connectivity index (χ2n) is 14.1. The first kappa shape index (κ1) is 31.6. The van der Waals surface area contributed by atoms with Crippen LogP contribution >= 0.6 is 11.3 Å². The zero-order valence-corrected chi connectivity index (χ0v) is 30.6. The average Bonchev–Trinajstić information content (AvgIpc) is 3.82. The standard InChI is InChI=1S/C52H33NOS/c1-2-10-34(11-3-1)35-20-26-39(27-21-35)53(41-30-24-37(25-31-41)43-16-9-18-49-52(43)45-14-4-6-17-48(45)54-49)40-28-22-36(23-29-40)42-15-8-12-38-32-51-47(33-46(38)42)44-13-5-7-19-50(44)55-51/h1-33H. The maximum Gasteiger partial charge on any atom is 0.136 e. The third-order valence-electron chi connectivity index (χ3n) is 10.9. The van der Waals surface area contributed by atoms with E-state index in [1.165, 1.54) is 58.8 Å². The van der Waals surface area contributed by atoms with Gasteiger partial charge in [0.05, 0.1) is 0 Å². The van der Waals surface area contributed by atoms with E-state index in [1.807, 2.05) is 23.5 Å². The number of hydrogen-bond acceptors (Lipinski definition) is 3. The Hall–Kier alpha value is -6.94. The van der Waals surface area contributed by atoms with Crippen molar-refractivity contribution in [3.05, 3.63) is 200 Å². The number of fused-ring (bicyclic) bond motifs is 7. The Kier molecular flexibility index (Phi) is 7.39. The summed E-state index contributed by atoms with van der Waals surface area (Å²) in [5, 5.41) is 7.47. The summed E-state index contributed by atoms with van der Waals surface area (Å²) in [7, 11) is 0. The predicted molar refractivity (Wildman–Crippen MR) is 235 cm³/mol. The lowest BCUT2D eigenvalue weighted by atomic mass is 9.96. The minimum atomic E-state index is 0.905. The second-order valence-corrected chi connectivity index (χ2v) is 15.2. The van der Waals surface area contributed by atoms with Crippen molar-refractivity contribution < 1.29 is 4.42 Å². The van der Waals surface area contributed by atoms with Crippen LogP contribution in [0, 0.1) is 0 Å². The number of para-hydroxylation sites is 1. The molecule has 0 radical (unpaired) electrons. The lowest BCUT2D eigenvalue weighted by molar-refractivity contribution is 0.669. The van der Waals surface area contributed by atoms with Crippen LogP contribution in [0.4, 0.5) is 17.1 Å². The minimum absolute atomic E-state index is 0.905. The van der Waals surface area contributed by atoms with Gasteiger partial charge in [0, 0.05) is 48.0 Å². The lowest BCUT2D eigenvalue weighted by Gasteiger charge is -2.26. The van der Waals surface area contributed by atoms with Gasteiger partial charge in [0.2, 0.25) is 0 Å². The Labute approximate surface area is 322 Å². The number of hydrogen-bond donors (Lipinski definition) is 0. The van der Waals surface area contributed by atoms with Crippen LogP contribution in [0.3, 0.4) is 0 Å². The quantitative estimate of drug-likeness (QED) is 0.170. The van der Waals surface area contributed by atoms with E-state index >= 15 is 0 Å². The fraction of sp³-hybridized carbons (Fsp3) is 0. The van der Waals surface area contributed by atoms with Crippen molar-refractivity contribution in [3.63, 3.8) is 0 Å². The predicted octanol–water partition coefficient (Wildman–Crippen LogP) is 15.6. The molecule has 9 aromatic carbocycles. The SMILES string of the molecule is c1ccc(-c2ccc(N(c3ccc(-c4cccc5cc6sc7ccccc7c6cc45)cc3)c3ccc(-c4cccc5oc6ccccc6c45)cc3)cc2)cc1. The summed E-state index contributed by atoms with van der Waals surface area (Å²) in [5.74, 6) is 0. The van der Waals surface area contributed by atoms with E-state index in [-0.39, 0.29) is 0 Å². The van der Waals surface area contributed by atoms with Gasteiger partial charge in [-0.05, 0) is 111 Å². The van der Waals surface area contributed by atoms with E-state index in [2.05, 4.69) is 193 Å². The molecular weight excluding hydrogens is 687 g/mol. The molecular formula is C52H33NOS. The Balaban J connectivity index is 1.01. The highest BCUT2D eigenvalue weighted by atomic mass is 32.1. The van der Waals surface area contributed by atoms with Gasteiger partial charge in [-0.3, -0.25) is 0 Å². The van der Waals surface area contributed by atoms with Gasteiger partial charge in [0.15, 0.2) is 0 Å². The number of rotatable bonds is 6. The van der Waals surface area contributed by atoms with Crippen molar-refractivity contribution in [2.24, 2.45) is 0 Å². The van der Waals surface area contributed by atoms with E-state index < -0.39 is 0 Å². The number of furan rings is 1. The molecule has 11 aromatic rings. The molecule has 0 unspecified atom stereocenters. The van der Waals surface area contributed by atoms with Crippen molar-refractivity contribution in [2.75, 3.05) is 4.90 Å². The van der Waals surface area contributed by atoms with Gasteiger partial charge in [-0.25, -0.2) is 0 Å². The molecule has 0 N–H and O–H groups in total. The summed E-state index contributed by atoms with van der Waals surface area (Å²) >= 11 is 1.87. The molecule has 0 aliphatic heterocycles. The summed E-state index contributed by atoms with van der Waals surface area (Å²) in [6.45, 7) is 0. The molecule has 0 amide bonds. The van der Waals surface area contributed by atoms with E-state index in [1.54, 1.807) is 0 Å². The molecule has 0 spiro atoms. The number of benzene rings is 9. The molecule has 0 bridgehead atoms. The van der Waals surface area contributed by atoms with Gasteiger partial charge in [-0.1, -0.05) is 133 Å². The van der Waals surface area contributed by atoms with Crippen molar-refractivity contribution in [1.29, 1.82) is 0 Å². The molecule has 2 nitrogen and oxygen atoms in total. The van der Waals surface area contributed by atoms with Crippen LogP contribution in [-0.4, -0.2) is 0 Å². The van der Waals surface area contributed by atoms with Gasteiger partial charge in [-0.15, -0.1) is 11.3 Å². The monoisotopic (exact) mass is 719 g/mol. The van der Waals surface area contributed by atoms with Crippen LogP contribution in [0.25, 0.3) is 86.3 Å². The zero-order chi connectivity index (χ0) is 36.3. The highest BCUT2D eigenvalue weighted by Crippen LogP contribution is 2.42. The molecule has 2 aromatic heterocycles. The summed E-state index contributed by atoms with van der Waals surface area (Å²) in [6, 6.07) is 72.2. The normalized spacial score (nSPS) is 11.6. The molecule has 11 rings (SSSR count). The smallest absolute Gasteiger partial charge is 0.136 e. The fourth-order valence-corrected chi connectivity index (χ4v) is 9.36. The largest absolute Gasteiger partial charge is 0.456 e. The van der Waals surface area contributed by atoms with Gasteiger partial charge in [0.25, 0.3) is 0 Å². The molecule has 258 valence electrons. The third kappa shape index (κ3) is 5.40. The Morgan fingerprint density at radius 2 is 0.909 bits per heavy atom. The molecule has 0 aliphatic carbocycles. The van der Waals surface area contributed by atoms with Crippen LogP contribution < -0.4 is 4.90 Å². The number of nitrogens with zero attached hydrogens (tertiary/aromatic N) is 1.